The molecular formula is C12H11FN4O3. The third-order valence-corrected chi connectivity index (χ3v) is 2.69. The minimum absolute atomic E-state index is 0.0877. The van der Waals surface area contributed by atoms with E-state index in [1.807, 2.05) is 0 Å². The summed E-state index contributed by atoms with van der Waals surface area (Å²) in [5.74, 6) is -1.72. The van der Waals surface area contributed by atoms with Crippen molar-refractivity contribution in [3.63, 3.8) is 0 Å². The van der Waals surface area contributed by atoms with Crippen LogP contribution in [0.15, 0.2) is 18.2 Å². The van der Waals surface area contributed by atoms with Crippen LogP contribution < -0.4 is 0 Å². The number of carbonyl (C=O) groups is 2. The molecule has 0 aliphatic heterocycles. The van der Waals surface area contributed by atoms with Gasteiger partial charge in [-0.3, -0.25) is 9.59 Å². The molecule has 0 aliphatic carbocycles. The van der Waals surface area contributed by atoms with Crippen molar-refractivity contribution in [3.05, 3.63) is 41.0 Å². The first-order chi connectivity index (χ1) is 9.47. The predicted molar refractivity (Wildman–Crippen MR) is 64.6 cm³/mol. The molecule has 1 N–H and O–H groups in total. The number of tetrazole rings is 1. The molecule has 0 amide bonds. The lowest BCUT2D eigenvalue weighted by atomic mass is 10.1. The molecule has 0 radical (unpaired) electrons. The van der Waals surface area contributed by atoms with Gasteiger partial charge in [-0.15, -0.1) is 5.10 Å². The second-order valence-electron chi connectivity index (χ2n) is 4.21. The summed E-state index contributed by atoms with van der Waals surface area (Å²) in [6.45, 7) is 1.36. The summed E-state index contributed by atoms with van der Waals surface area (Å²) in [5, 5.41) is 19.1. The molecule has 1 heterocycles. The van der Waals surface area contributed by atoms with Gasteiger partial charge in [0.25, 0.3) is 0 Å². The molecule has 1 aromatic heterocycles. The number of ketones is 1. The van der Waals surface area contributed by atoms with Crippen molar-refractivity contribution in [3.8, 4) is 0 Å². The van der Waals surface area contributed by atoms with Crippen LogP contribution >= 0.6 is 0 Å². The molecule has 0 spiro atoms. The number of nitrogens with zero attached hydrogens (tertiary/aromatic N) is 4. The van der Waals surface area contributed by atoms with E-state index in [1.54, 1.807) is 6.92 Å². The summed E-state index contributed by atoms with van der Waals surface area (Å²) in [5.41, 5.74) is 0.680. The first-order valence-corrected chi connectivity index (χ1v) is 5.73. The normalized spacial score (nSPS) is 10.5. The molecule has 0 aliphatic rings. The van der Waals surface area contributed by atoms with E-state index in [1.165, 1.54) is 18.2 Å². The van der Waals surface area contributed by atoms with E-state index >= 15 is 0 Å². The van der Waals surface area contributed by atoms with Gasteiger partial charge in [-0.25, -0.2) is 9.07 Å². The van der Waals surface area contributed by atoms with Gasteiger partial charge in [-0.2, -0.15) is 0 Å². The molecule has 0 unspecified atom stereocenters. The third kappa shape index (κ3) is 3.02. The van der Waals surface area contributed by atoms with Gasteiger partial charge >= 0.3 is 5.97 Å². The second kappa shape index (κ2) is 5.55. The van der Waals surface area contributed by atoms with Gasteiger partial charge in [-0.1, -0.05) is 0 Å². The van der Waals surface area contributed by atoms with Crippen LogP contribution in [-0.2, 0) is 17.8 Å². The number of Topliss-reactive ketones (excluding diaryl/α,β-unsaturated/α-hetero) is 1. The Morgan fingerprint density at radius 2 is 2.15 bits per heavy atom. The topological polar surface area (TPSA) is 98.0 Å². The van der Waals surface area contributed by atoms with E-state index in [2.05, 4.69) is 15.5 Å². The van der Waals surface area contributed by atoms with Crippen LogP contribution in [0.1, 0.15) is 21.7 Å². The zero-order valence-corrected chi connectivity index (χ0v) is 10.6. The van der Waals surface area contributed by atoms with Gasteiger partial charge in [0.1, 0.15) is 18.8 Å². The lowest BCUT2D eigenvalue weighted by Gasteiger charge is -2.04. The summed E-state index contributed by atoms with van der Waals surface area (Å²) >= 11 is 0. The van der Waals surface area contributed by atoms with Gasteiger partial charge < -0.3 is 5.11 Å². The highest BCUT2D eigenvalue weighted by molar-refractivity contribution is 5.96. The number of carboxylic acids is 1. The number of aromatic nitrogens is 4. The number of carbonyl (C=O) groups excluding carboxylic acids is 1. The molecule has 0 saturated heterocycles. The maximum Gasteiger partial charge on any atom is 0.311 e. The Bertz CT molecular complexity index is 668. The number of hydrogen-bond acceptors (Lipinski definition) is 5. The molecule has 20 heavy (non-hydrogen) atoms. The number of rotatable bonds is 5. The molecule has 104 valence electrons. The Balaban J connectivity index is 2.17. The van der Waals surface area contributed by atoms with E-state index in [0.717, 1.165) is 4.68 Å². The van der Waals surface area contributed by atoms with E-state index < -0.39 is 11.8 Å². The number of aryl methyl sites for hydroxylation is 1. The number of carboxylic acid groups (broad SMARTS) is 1. The smallest absolute Gasteiger partial charge is 0.311 e. The van der Waals surface area contributed by atoms with E-state index in [0.29, 0.717) is 11.1 Å². The minimum atomic E-state index is -1.09. The van der Waals surface area contributed by atoms with Gasteiger partial charge in [0.2, 0.25) is 0 Å². The highest BCUT2D eigenvalue weighted by atomic mass is 19.1. The van der Waals surface area contributed by atoms with Crippen LogP contribution in [0, 0.1) is 12.7 Å². The van der Waals surface area contributed by atoms with Gasteiger partial charge in [0.05, 0.1) is 0 Å². The monoisotopic (exact) mass is 278 g/mol. The number of benzene rings is 1. The van der Waals surface area contributed by atoms with Gasteiger partial charge in [0.15, 0.2) is 11.6 Å². The van der Waals surface area contributed by atoms with Gasteiger partial charge in [-0.05, 0) is 41.1 Å². The lowest BCUT2D eigenvalue weighted by Crippen LogP contribution is -2.17. The molecular weight excluding hydrogens is 267 g/mol. The van der Waals surface area contributed by atoms with Crippen molar-refractivity contribution in [2.24, 2.45) is 0 Å². The van der Waals surface area contributed by atoms with Crippen molar-refractivity contribution in [1.29, 1.82) is 0 Å². The molecule has 0 atom stereocenters. The zero-order chi connectivity index (χ0) is 14.7. The fourth-order valence-electron chi connectivity index (χ4n) is 1.65. The fraction of sp³-hybridized carbons (Fsp3) is 0.250. The Morgan fingerprint density at radius 3 is 2.80 bits per heavy atom. The zero-order valence-electron chi connectivity index (χ0n) is 10.6. The Morgan fingerprint density at radius 1 is 1.40 bits per heavy atom. The molecule has 2 rings (SSSR count). The van der Waals surface area contributed by atoms with E-state index in [9.17, 15) is 14.0 Å². The largest absolute Gasteiger partial charge is 0.481 e. The van der Waals surface area contributed by atoms with Crippen LogP contribution in [-0.4, -0.2) is 37.1 Å². The van der Waals surface area contributed by atoms with Crippen molar-refractivity contribution in [2.75, 3.05) is 0 Å². The average molecular weight is 278 g/mol. The first kappa shape index (κ1) is 13.8. The van der Waals surface area contributed by atoms with Crippen molar-refractivity contribution < 1.29 is 19.1 Å². The highest BCUT2D eigenvalue weighted by Gasteiger charge is 2.15. The number of aliphatic carboxylic acids is 1. The van der Waals surface area contributed by atoms with Crippen LogP contribution in [0.2, 0.25) is 0 Å². The van der Waals surface area contributed by atoms with Crippen LogP contribution in [0.5, 0.6) is 0 Å². The maximum absolute atomic E-state index is 13.1. The number of hydrogen-bond donors (Lipinski definition) is 1. The molecule has 0 saturated carbocycles. The van der Waals surface area contributed by atoms with Crippen LogP contribution in [0.25, 0.3) is 0 Å². The highest BCUT2D eigenvalue weighted by Crippen LogP contribution is 2.10. The fourth-order valence-corrected chi connectivity index (χ4v) is 1.65. The first-order valence-electron chi connectivity index (χ1n) is 5.73. The lowest BCUT2D eigenvalue weighted by molar-refractivity contribution is -0.136. The second-order valence-corrected chi connectivity index (χ2v) is 4.21. The Labute approximate surface area is 113 Å². The SMILES string of the molecule is Cc1cc(C(=O)Cn2nnnc2CC(=O)O)ccc1F. The molecule has 1 aromatic carbocycles. The standard InChI is InChI=1S/C12H11FN4O3/c1-7-4-8(2-3-9(7)13)10(18)6-17-11(5-12(19)20)14-15-16-17/h2-4H,5-6H2,1H3,(H,19,20). The summed E-state index contributed by atoms with van der Waals surface area (Å²) < 4.78 is 14.3. The summed E-state index contributed by atoms with van der Waals surface area (Å²) in [4.78, 5) is 22.6. The summed E-state index contributed by atoms with van der Waals surface area (Å²) in [6.07, 6.45) is -0.372. The maximum atomic E-state index is 13.1. The molecule has 0 fully saturated rings. The summed E-state index contributed by atoms with van der Waals surface area (Å²) in [6, 6.07) is 4.01. The predicted octanol–water partition coefficient (Wildman–Crippen LogP) is 0.631. The van der Waals surface area contributed by atoms with Crippen LogP contribution in [0.4, 0.5) is 4.39 Å². The summed E-state index contributed by atoms with van der Waals surface area (Å²) in [7, 11) is 0. The average Bonchev–Trinajstić information content (AvgIpc) is 2.79. The molecule has 2 aromatic rings. The number of halogens is 1. The van der Waals surface area contributed by atoms with Crippen molar-refractivity contribution in [2.45, 2.75) is 19.9 Å². The Kier molecular flexibility index (Phi) is 3.83. The quantitative estimate of drug-likeness (QED) is 0.805. The van der Waals surface area contributed by atoms with Crippen molar-refractivity contribution in [1.82, 2.24) is 20.2 Å². The molecule has 8 heteroatoms. The van der Waals surface area contributed by atoms with E-state index in [-0.39, 0.29) is 24.6 Å². The minimum Gasteiger partial charge on any atom is -0.481 e. The van der Waals surface area contributed by atoms with Crippen molar-refractivity contribution >= 4 is 11.8 Å². The Hall–Kier alpha value is -2.64. The van der Waals surface area contributed by atoms with Crippen LogP contribution in [0.3, 0.4) is 0 Å². The van der Waals surface area contributed by atoms with E-state index in [4.69, 9.17) is 5.11 Å². The third-order valence-electron chi connectivity index (χ3n) is 2.69. The van der Waals surface area contributed by atoms with Gasteiger partial charge in [0, 0.05) is 5.56 Å². The molecule has 0 bridgehead atoms. The molecule has 7 nitrogen and oxygen atoms in total.